The van der Waals surface area contributed by atoms with Crippen molar-refractivity contribution in [1.29, 1.82) is 0 Å². The van der Waals surface area contributed by atoms with Crippen LogP contribution in [0.15, 0.2) is 31.0 Å². The molecule has 0 saturated carbocycles. The second-order valence-corrected chi connectivity index (χ2v) is 2.09. The molecule has 0 amide bonds. The molecule has 1 aromatic heterocycles. The molecule has 0 aliphatic rings. The third kappa shape index (κ3) is 1.18. The van der Waals surface area contributed by atoms with E-state index in [0.717, 1.165) is 0 Å². The summed E-state index contributed by atoms with van der Waals surface area (Å²) in [5, 5.41) is 0.414. The van der Waals surface area contributed by atoms with E-state index >= 15 is 0 Å². The van der Waals surface area contributed by atoms with Gasteiger partial charge in [0.05, 0.1) is 0 Å². The van der Waals surface area contributed by atoms with Gasteiger partial charge in [-0.15, -0.1) is 0 Å². The van der Waals surface area contributed by atoms with Crippen molar-refractivity contribution in [3.05, 3.63) is 31.0 Å². The van der Waals surface area contributed by atoms with E-state index in [0.29, 0.717) is 16.7 Å². The Balaban J connectivity index is 3.07. The summed E-state index contributed by atoms with van der Waals surface area (Å²) in [6.07, 6.45) is 4.78. The monoisotopic (exact) mass is 153 g/mol. The van der Waals surface area contributed by atoms with Gasteiger partial charge in [0.2, 0.25) is 0 Å². The largest absolute Gasteiger partial charge is 0.535 e. The summed E-state index contributed by atoms with van der Waals surface area (Å²) < 4.78 is 11.8. The van der Waals surface area contributed by atoms with E-state index in [2.05, 4.69) is 17.3 Å². The average Bonchev–Trinajstić information content (AvgIpc) is 2.43. The van der Waals surface area contributed by atoms with E-state index in [9.17, 15) is 4.21 Å². The molecule has 0 radical (unpaired) electrons. The maximum absolute atomic E-state index is 10.3. The third-order valence-corrected chi connectivity index (χ3v) is 1.48. The van der Waals surface area contributed by atoms with Crippen molar-refractivity contribution < 1.29 is 4.21 Å². The molecule has 0 unspecified atom stereocenters. The van der Waals surface area contributed by atoms with Crippen LogP contribution in [0.25, 0.3) is 5.03 Å². The summed E-state index contributed by atoms with van der Waals surface area (Å²) >= 11 is 0.344. The lowest BCUT2D eigenvalue weighted by Crippen LogP contribution is -1.88. The van der Waals surface area contributed by atoms with Gasteiger partial charge in [-0.1, -0.05) is 0 Å². The number of hydrogen-bond donors (Lipinski definition) is 0. The first-order chi connectivity index (χ1) is 4.88. The van der Waals surface area contributed by atoms with Crippen molar-refractivity contribution in [3.63, 3.8) is 0 Å². The van der Waals surface area contributed by atoms with Crippen LogP contribution < -0.4 is 0 Å². The van der Waals surface area contributed by atoms with Crippen molar-refractivity contribution in [2.75, 3.05) is 0 Å². The molecule has 0 bridgehead atoms. The summed E-state index contributed by atoms with van der Waals surface area (Å²) in [7, 11) is 0. The van der Waals surface area contributed by atoms with E-state index in [-0.39, 0.29) is 0 Å². The van der Waals surface area contributed by atoms with Crippen LogP contribution in [0.2, 0.25) is 0 Å². The van der Waals surface area contributed by atoms with E-state index in [1.54, 1.807) is 17.0 Å². The lowest BCUT2D eigenvalue weighted by atomic mass is 10.8. The molecule has 50 valence electrons. The summed E-state index contributed by atoms with van der Waals surface area (Å²) in [4.78, 5) is 3.76. The molecule has 1 rings (SSSR count). The molecule has 1 aromatic rings. The molecular weight excluding hydrogens is 148 g/mol. The fourth-order valence-electron chi connectivity index (χ4n) is 0.543. The van der Waals surface area contributed by atoms with Gasteiger partial charge in [-0.2, -0.15) is 0 Å². The minimum Gasteiger partial charge on any atom is -0.247 e. The molecular formula is C6H5N2OS+. The number of imidazole rings is 1. The zero-order chi connectivity index (χ0) is 7.40. The minimum atomic E-state index is 0.344. The summed E-state index contributed by atoms with van der Waals surface area (Å²) in [6, 6.07) is 0. The molecule has 0 saturated heterocycles. The first-order valence-electron chi connectivity index (χ1n) is 2.56. The fraction of sp³-hybridized carbons (Fsp3) is 0. The maximum Gasteiger partial charge on any atom is 0.535 e. The van der Waals surface area contributed by atoms with Crippen LogP contribution in [0.3, 0.4) is 0 Å². The zero-order valence-corrected chi connectivity index (χ0v) is 5.97. The van der Waals surface area contributed by atoms with Gasteiger partial charge in [-0.05, 0) is 12.3 Å². The van der Waals surface area contributed by atoms with Gasteiger partial charge in [-0.3, -0.25) is 0 Å². The molecule has 0 aliphatic carbocycles. The Hall–Kier alpha value is -1.25. The Morgan fingerprint density at radius 2 is 2.60 bits per heavy atom. The van der Waals surface area contributed by atoms with E-state index in [4.69, 9.17) is 0 Å². The first kappa shape index (κ1) is 6.86. The highest BCUT2D eigenvalue weighted by Gasteiger charge is 2.10. The first-order valence-corrected chi connectivity index (χ1v) is 3.31. The molecule has 0 N–H and O–H groups in total. The lowest BCUT2D eigenvalue weighted by molar-refractivity contribution is 0.608. The number of nitrogens with zero attached hydrogens (tertiary/aromatic N) is 2. The zero-order valence-electron chi connectivity index (χ0n) is 5.15. The topological polar surface area (TPSA) is 34.9 Å². The Morgan fingerprint density at radius 1 is 1.80 bits per heavy atom. The maximum atomic E-state index is 10.3. The van der Waals surface area contributed by atoms with E-state index in [1.165, 1.54) is 6.33 Å². The Morgan fingerprint density at radius 3 is 3.00 bits per heavy atom. The van der Waals surface area contributed by atoms with Crippen LogP contribution in [-0.2, 0) is 15.9 Å². The quantitative estimate of drug-likeness (QED) is 0.467. The predicted octanol–water partition coefficient (Wildman–Crippen LogP) is 0.894. The minimum absolute atomic E-state index is 0.344. The van der Waals surface area contributed by atoms with Gasteiger partial charge in [0.15, 0.2) is 0 Å². The molecule has 3 nitrogen and oxygen atoms in total. The van der Waals surface area contributed by atoms with Crippen molar-refractivity contribution >= 4 is 16.7 Å². The van der Waals surface area contributed by atoms with Crippen LogP contribution in [-0.4, -0.2) is 9.55 Å². The van der Waals surface area contributed by atoms with Crippen LogP contribution in [0.5, 0.6) is 0 Å². The average molecular weight is 153 g/mol. The molecule has 10 heavy (non-hydrogen) atoms. The van der Waals surface area contributed by atoms with Gasteiger partial charge in [0.1, 0.15) is 6.33 Å². The van der Waals surface area contributed by atoms with Crippen molar-refractivity contribution in [3.8, 4) is 0 Å². The summed E-state index contributed by atoms with van der Waals surface area (Å²) in [5.41, 5.74) is 2.49. The van der Waals surface area contributed by atoms with E-state index < -0.39 is 0 Å². The van der Waals surface area contributed by atoms with Crippen LogP contribution in [0, 0.1) is 0 Å². The van der Waals surface area contributed by atoms with Gasteiger partial charge < -0.3 is 0 Å². The Labute approximate surface area is 62.2 Å². The molecule has 4 heteroatoms. The van der Waals surface area contributed by atoms with Crippen LogP contribution >= 0.6 is 0 Å². The second kappa shape index (κ2) is 3.06. The smallest absolute Gasteiger partial charge is 0.247 e. The van der Waals surface area contributed by atoms with Crippen LogP contribution in [0.1, 0.15) is 0 Å². The van der Waals surface area contributed by atoms with E-state index in [1.807, 2.05) is 0 Å². The van der Waals surface area contributed by atoms with Gasteiger partial charge >= 0.3 is 16.7 Å². The van der Waals surface area contributed by atoms with Crippen LogP contribution in [0.4, 0.5) is 0 Å². The highest BCUT2D eigenvalue weighted by atomic mass is 32.1. The molecule has 0 spiro atoms. The molecule has 0 atom stereocenters. The molecule has 0 aliphatic heterocycles. The predicted molar refractivity (Wildman–Crippen MR) is 39.1 cm³/mol. The Kier molecular flexibility index (Phi) is 2.10. The highest BCUT2D eigenvalue weighted by Crippen LogP contribution is 1.98. The summed E-state index contributed by atoms with van der Waals surface area (Å²) in [5.74, 6) is 0. The van der Waals surface area contributed by atoms with Crippen molar-refractivity contribution in [1.82, 2.24) is 9.55 Å². The molecule has 1 heterocycles. The molecule has 0 fully saturated rings. The van der Waals surface area contributed by atoms with Gasteiger partial charge in [0.25, 0.3) is 0 Å². The standard InChI is InChI=1S/C6H5N2OS/c1-2-6(10-9)8-4-3-7-5-8/h3-5H,1H2/q+1. The lowest BCUT2D eigenvalue weighted by Gasteiger charge is -1.80. The number of rotatable bonds is 2. The molecule has 0 aromatic carbocycles. The second-order valence-electron chi connectivity index (χ2n) is 1.54. The third-order valence-electron chi connectivity index (χ3n) is 0.969. The number of hydrogen-bond acceptors (Lipinski definition) is 2. The SMILES string of the molecule is C=C=C([S+]=O)n1ccnc1. The number of aromatic nitrogens is 2. The highest BCUT2D eigenvalue weighted by molar-refractivity contribution is 7.75. The van der Waals surface area contributed by atoms with Crippen molar-refractivity contribution in [2.45, 2.75) is 0 Å². The fourth-order valence-corrected chi connectivity index (χ4v) is 0.796. The van der Waals surface area contributed by atoms with Gasteiger partial charge in [0, 0.05) is 16.6 Å². The normalized spacial score (nSPS) is 8.40. The Bertz CT molecular complexity index is 272. The van der Waals surface area contributed by atoms with Gasteiger partial charge in [-0.25, -0.2) is 9.55 Å². The van der Waals surface area contributed by atoms with Crippen molar-refractivity contribution in [2.24, 2.45) is 0 Å². The summed E-state index contributed by atoms with van der Waals surface area (Å²) in [6.45, 7) is 3.36.